The average Bonchev–Trinajstić information content (AvgIpc) is 2.35. The van der Waals surface area contributed by atoms with Gasteiger partial charge >= 0.3 is 0 Å². The van der Waals surface area contributed by atoms with Crippen molar-refractivity contribution in [2.75, 3.05) is 0 Å². The first-order valence-electron chi connectivity index (χ1n) is 7.83. The fourth-order valence-electron chi connectivity index (χ4n) is 2.96. The van der Waals surface area contributed by atoms with Gasteiger partial charge in [-0.25, -0.2) is 0 Å². The SMILES string of the molecule is C=CC(CCCCCC)C(C)C(CC)CCC. The van der Waals surface area contributed by atoms with Crippen LogP contribution in [-0.2, 0) is 0 Å². The number of hydrogen-bond acceptors (Lipinski definition) is 0. The third kappa shape index (κ3) is 6.91. The fourth-order valence-corrected chi connectivity index (χ4v) is 2.96. The van der Waals surface area contributed by atoms with Crippen LogP contribution >= 0.6 is 0 Å². The van der Waals surface area contributed by atoms with Gasteiger partial charge in [0.05, 0.1) is 0 Å². The number of hydrogen-bond donors (Lipinski definition) is 0. The first-order chi connectivity index (χ1) is 8.21. The Morgan fingerprint density at radius 1 is 0.941 bits per heavy atom. The normalized spacial score (nSPS) is 16.5. The van der Waals surface area contributed by atoms with Gasteiger partial charge in [0.25, 0.3) is 0 Å². The molecule has 0 heteroatoms. The van der Waals surface area contributed by atoms with E-state index in [2.05, 4.69) is 40.3 Å². The molecule has 3 unspecified atom stereocenters. The molecule has 0 aliphatic rings. The second-order valence-corrected chi connectivity index (χ2v) is 5.57. The van der Waals surface area contributed by atoms with Crippen LogP contribution in [0.25, 0.3) is 0 Å². The Kier molecular flexibility index (Phi) is 10.7. The molecular weight excluding hydrogens is 204 g/mol. The molecule has 102 valence electrons. The summed E-state index contributed by atoms with van der Waals surface area (Å²) >= 11 is 0. The molecule has 0 nitrogen and oxygen atoms in total. The van der Waals surface area contributed by atoms with Gasteiger partial charge in [-0.3, -0.25) is 0 Å². The van der Waals surface area contributed by atoms with Crippen molar-refractivity contribution in [2.45, 2.75) is 79.1 Å². The van der Waals surface area contributed by atoms with Gasteiger partial charge in [0.15, 0.2) is 0 Å². The van der Waals surface area contributed by atoms with Gasteiger partial charge in [0, 0.05) is 0 Å². The minimum Gasteiger partial charge on any atom is -0.103 e. The zero-order valence-corrected chi connectivity index (χ0v) is 12.7. The van der Waals surface area contributed by atoms with Gasteiger partial charge in [-0.15, -0.1) is 6.58 Å². The molecule has 0 aliphatic carbocycles. The summed E-state index contributed by atoms with van der Waals surface area (Å²) in [4.78, 5) is 0. The maximum atomic E-state index is 4.06. The highest BCUT2D eigenvalue weighted by Crippen LogP contribution is 2.31. The molecule has 0 saturated heterocycles. The van der Waals surface area contributed by atoms with E-state index >= 15 is 0 Å². The molecule has 17 heavy (non-hydrogen) atoms. The van der Waals surface area contributed by atoms with Crippen LogP contribution in [0.1, 0.15) is 79.1 Å². The molecule has 0 spiro atoms. The lowest BCUT2D eigenvalue weighted by Gasteiger charge is -2.28. The van der Waals surface area contributed by atoms with E-state index in [0.717, 1.165) is 17.8 Å². The summed E-state index contributed by atoms with van der Waals surface area (Å²) < 4.78 is 0. The Balaban J connectivity index is 4.08. The molecule has 0 aromatic heterocycles. The van der Waals surface area contributed by atoms with E-state index in [0.29, 0.717) is 0 Å². The predicted octanol–water partition coefficient (Wildman–Crippen LogP) is 6.22. The maximum Gasteiger partial charge on any atom is -0.0208 e. The monoisotopic (exact) mass is 238 g/mol. The Hall–Kier alpha value is -0.260. The summed E-state index contributed by atoms with van der Waals surface area (Å²) in [5.74, 6) is 2.46. The van der Waals surface area contributed by atoms with Crippen molar-refractivity contribution in [3.05, 3.63) is 12.7 Å². The van der Waals surface area contributed by atoms with E-state index in [9.17, 15) is 0 Å². The zero-order valence-electron chi connectivity index (χ0n) is 12.7. The molecule has 0 rings (SSSR count). The molecule has 0 radical (unpaired) electrons. The van der Waals surface area contributed by atoms with Crippen LogP contribution in [-0.4, -0.2) is 0 Å². The second kappa shape index (κ2) is 10.9. The van der Waals surface area contributed by atoms with Gasteiger partial charge < -0.3 is 0 Å². The van der Waals surface area contributed by atoms with Crippen LogP contribution in [0, 0.1) is 17.8 Å². The van der Waals surface area contributed by atoms with E-state index in [1.165, 1.54) is 51.4 Å². The first kappa shape index (κ1) is 16.7. The maximum absolute atomic E-state index is 4.06. The van der Waals surface area contributed by atoms with Crippen molar-refractivity contribution in [3.63, 3.8) is 0 Å². The number of allylic oxidation sites excluding steroid dienone is 1. The second-order valence-electron chi connectivity index (χ2n) is 5.57. The molecule has 0 aromatic carbocycles. The molecule has 0 fully saturated rings. The van der Waals surface area contributed by atoms with Crippen molar-refractivity contribution in [2.24, 2.45) is 17.8 Å². The predicted molar refractivity (Wildman–Crippen MR) is 80.3 cm³/mol. The Morgan fingerprint density at radius 2 is 1.65 bits per heavy atom. The lowest BCUT2D eigenvalue weighted by Crippen LogP contribution is -2.19. The number of rotatable bonds is 11. The van der Waals surface area contributed by atoms with Crippen LogP contribution in [0.15, 0.2) is 12.7 Å². The summed E-state index contributed by atoms with van der Waals surface area (Å²) in [5, 5.41) is 0. The van der Waals surface area contributed by atoms with Crippen LogP contribution in [0.3, 0.4) is 0 Å². The van der Waals surface area contributed by atoms with E-state index in [1.807, 2.05) is 0 Å². The van der Waals surface area contributed by atoms with Crippen LogP contribution in [0.4, 0.5) is 0 Å². The summed E-state index contributed by atoms with van der Waals surface area (Å²) in [6.07, 6.45) is 13.1. The van der Waals surface area contributed by atoms with Crippen molar-refractivity contribution in [1.29, 1.82) is 0 Å². The first-order valence-corrected chi connectivity index (χ1v) is 7.83. The number of unbranched alkanes of at least 4 members (excludes halogenated alkanes) is 3. The molecular formula is C17H34. The van der Waals surface area contributed by atoms with Crippen molar-refractivity contribution in [3.8, 4) is 0 Å². The molecule has 0 amide bonds. The Labute approximate surface area is 110 Å². The van der Waals surface area contributed by atoms with Gasteiger partial charge in [-0.05, 0) is 24.2 Å². The van der Waals surface area contributed by atoms with Crippen molar-refractivity contribution >= 4 is 0 Å². The molecule has 0 N–H and O–H groups in total. The summed E-state index contributed by atoms with van der Waals surface area (Å²) in [7, 11) is 0. The summed E-state index contributed by atoms with van der Waals surface area (Å²) in [5.41, 5.74) is 0. The average molecular weight is 238 g/mol. The van der Waals surface area contributed by atoms with E-state index in [-0.39, 0.29) is 0 Å². The van der Waals surface area contributed by atoms with Crippen LogP contribution < -0.4 is 0 Å². The molecule has 0 aromatic rings. The highest BCUT2D eigenvalue weighted by molar-refractivity contribution is 4.85. The van der Waals surface area contributed by atoms with Gasteiger partial charge in [0.2, 0.25) is 0 Å². The fraction of sp³-hybridized carbons (Fsp3) is 0.882. The highest BCUT2D eigenvalue weighted by Gasteiger charge is 2.21. The molecule has 0 bridgehead atoms. The topological polar surface area (TPSA) is 0 Å². The van der Waals surface area contributed by atoms with Gasteiger partial charge in [0.1, 0.15) is 0 Å². The largest absolute Gasteiger partial charge is 0.103 e. The lowest BCUT2D eigenvalue weighted by atomic mass is 9.77. The van der Waals surface area contributed by atoms with E-state index in [4.69, 9.17) is 0 Å². The molecule has 0 aliphatic heterocycles. The molecule has 3 atom stereocenters. The van der Waals surface area contributed by atoms with Crippen molar-refractivity contribution < 1.29 is 0 Å². The van der Waals surface area contributed by atoms with Crippen molar-refractivity contribution in [1.82, 2.24) is 0 Å². The smallest absolute Gasteiger partial charge is 0.0208 e. The zero-order chi connectivity index (χ0) is 13.1. The lowest BCUT2D eigenvalue weighted by molar-refractivity contribution is 0.247. The van der Waals surface area contributed by atoms with Crippen LogP contribution in [0.5, 0.6) is 0 Å². The van der Waals surface area contributed by atoms with E-state index < -0.39 is 0 Å². The molecule has 0 heterocycles. The molecule has 0 saturated carbocycles. The summed E-state index contributed by atoms with van der Waals surface area (Å²) in [6.45, 7) is 13.4. The minimum absolute atomic E-state index is 0.739. The third-order valence-electron chi connectivity index (χ3n) is 4.30. The highest BCUT2D eigenvalue weighted by atomic mass is 14.3. The standard InChI is InChI=1S/C17H34/c1-6-10-11-12-14-17(9-4)15(5)16(8-3)13-7-2/h9,15-17H,4,6-8,10-14H2,1-3,5H3. The van der Waals surface area contributed by atoms with E-state index in [1.54, 1.807) is 0 Å². The summed E-state index contributed by atoms with van der Waals surface area (Å²) in [6, 6.07) is 0. The van der Waals surface area contributed by atoms with Crippen LogP contribution in [0.2, 0.25) is 0 Å². The Bertz CT molecular complexity index is 171. The van der Waals surface area contributed by atoms with Gasteiger partial charge in [-0.2, -0.15) is 0 Å². The van der Waals surface area contributed by atoms with Gasteiger partial charge in [-0.1, -0.05) is 78.7 Å². The Morgan fingerprint density at radius 3 is 2.12 bits per heavy atom. The third-order valence-corrected chi connectivity index (χ3v) is 4.30. The quantitative estimate of drug-likeness (QED) is 0.296. The minimum atomic E-state index is 0.739.